The summed E-state index contributed by atoms with van der Waals surface area (Å²) in [5.74, 6) is 1.39. The maximum absolute atomic E-state index is 5.76. The average molecular weight is 221 g/mol. The number of methoxy groups -OCH3 is 1. The van der Waals surface area contributed by atoms with Gasteiger partial charge in [-0.25, -0.2) is 0 Å². The molecule has 2 heteroatoms. The first-order valence-corrected chi connectivity index (χ1v) is 5.99. The summed E-state index contributed by atoms with van der Waals surface area (Å²) in [4.78, 5) is 0. The van der Waals surface area contributed by atoms with E-state index in [2.05, 4.69) is 13.5 Å². The Morgan fingerprint density at radius 2 is 2.19 bits per heavy atom. The standard InChI is InChI=1S/C14H23NO/c1-11-8-9-14(16-3)12(2)6-4-5-7-13(11)10-15/h8-9,13H,1,4-7,10,15H2,2-3H3/b9-8-,14-12+. The maximum atomic E-state index is 5.76. The van der Waals surface area contributed by atoms with E-state index in [1.807, 2.05) is 12.2 Å². The van der Waals surface area contributed by atoms with Gasteiger partial charge in [0.15, 0.2) is 0 Å². The lowest BCUT2D eigenvalue weighted by atomic mass is 9.92. The third-order valence-corrected chi connectivity index (χ3v) is 3.25. The van der Waals surface area contributed by atoms with Gasteiger partial charge in [-0.15, -0.1) is 0 Å². The van der Waals surface area contributed by atoms with E-state index in [-0.39, 0.29) is 0 Å². The summed E-state index contributed by atoms with van der Waals surface area (Å²) in [5, 5.41) is 0. The molecule has 0 saturated heterocycles. The van der Waals surface area contributed by atoms with E-state index in [0.717, 1.165) is 24.2 Å². The van der Waals surface area contributed by atoms with Gasteiger partial charge in [0.2, 0.25) is 0 Å². The molecule has 1 atom stereocenters. The summed E-state index contributed by atoms with van der Waals surface area (Å²) in [6, 6.07) is 0. The van der Waals surface area contributed by atoms with E-state index in [9.17, 15) is 0 Å². The van der Waals surface area contributed by atoms with Crippen LogP contribution in [0.5, 0.6) is 0 Å². The van der Waals surface area contributed by atoms with Gasteiger partial charge in [0.1, 0.15) is 5.76 Å². The molecule has 0 aromatic carbocycles. The topological polar surface area (TPSA) is 35.2 Å². The van der Waals surface area contributed by atoms with Gasteiger partial charge < -0.3 is 10.5 Å². The van der Waals surface area contributed by atoms with E-state index in [4.69, 9.17) is 10.5 Å². The molecule has 1 unspecified atom stereocenters. The number of ether oxygens (including phenoxy) is 1. The van der Waals surface area contributed by atoms with Crippen molar-refractivity contribution in [3.05, 3.63) is 35.6 Å². The number of rotatable bonds is 2. The lowest BCUT2D eigenvalue weighted by molar-refractivity contribution is 0.300. The largest absolute Gasteiger partial charge is 0.497 e. The Balaban J connectivity index is 2.86. The van der Waals surface area contributed by atoms with Gasteiger partial charge in [-0.2, -0.15) is 0 Å². The molecule has 90 valence electrons. The molecule has 1 aliphatic carbocycles. The van der Waals surface area contributed by atoms with Gasteiger partial charge in [-0.1, -0.05) is 24.6 Å². The molecule has 2 nitrogen and oxygen atoms in total. The molecule has 0 saturated carbocycles. The van der Waals surface area contributed by atoms with Gasteiger partial charge in [0, 0.05) is 0 Å². The number of hydrogen-bond acceptors (Lipinski definition) is 2. The summed E-state index contributed by atoms with van der Waals surface area (Å²) in [7, 11) is 1.72. The van der Waals surface area contributed by atoms with Crippen LogP contribution in [0.15, 0.2) is 35.6 Å². The Hall–Kier alpha value is -1.02. The molecular weight excluding hydrogens is 198 g/mol. The van der Waals surface area contributed by atoms with Gasteiger partial charge in [-0.3, -0.25) is 0 Å². The van der Waals surface area contributed by atoms with Crippen LogP contribution < -0.4 is 5.73 Å². The zero-order chi connectivity index (χ0) is 12.0. The Labute approximate surface area is 98.9 Å². The molecule has 1 rings (SSSR count). The second-order valence-corrected chi connectivity index (χ2v) is 4.44. The van der Waals surface area contributed by atoms with Crippen LogP contribution in [-0.4, -0.2) is 13.7 Å². The second kappa shape index (κ2) is 6.54. The Kier molecular flexibility index (Phi) is 5.33. The zero-order valence-corrected chi connectivity index (χ0v) is 10.5. The molecule has 0 radical (unpaired) electrons. The first-order chi connectivity index (χ1) is 7.69. The highest BCUT2D eigenvalue weighted by Gasteiger charge is 2.10. The maximum Gasteiger partial charge on any atom is 0.117 e. The monoisotopic (exact) mass is 221 g/mol. The molecule has 0 heterocycles. The molecule has 0 aliphatic heterocycles. The smallest absolute Gasteiger partial charge is 0.117 e. The highest BCUT2D eigenvalue weighted by molar-refractivity contribution is 5.28. The van der Waals surface area contributed by atoms with Crippen LogP contribution in [0.2, 0.25) is 0 Å². The predicted octanol–water partition coefficient (Wildman–Crippen LogP) is 3.17. The lowest BCUT2D eigenvalue weighted by Crippen LogP contribution is -2.15. The molecule has 0 fully saturated rings. The van der Waals surface area contributed by atoms with Crippen molar-refractivity contribution < 1.29 is 4.74 Å². The SMILES string of the molecule is C=C1/C=C\C(OC)=C(\C)CCCCC1CN. The van der Waals surface area contributed by atoms with Crippen LogP contribution in [0.4, 0.5) is 0 Å². The van der Waals surface area contributed by atoms with E-state index < -0.39 is 0 Å². The van der Waals surface area contributed by atoms with Crippen molar-refractivity contribution in [2.45, 2.75) is 32.6 Å². The Morgan fingerprint density at radius 3 is 2.81 bits per heavy atom. The summed E-state index contributed by atoms with van der Waals surface area (Å²) in [6.07, 6.45) is 8.74. The van der Waals surface area contributed by atoms with Crippen molar-refractivity contribution >= 4 is 0 Å². The third-order valence-electron chi connectivity index (χ3n) is 3.25. The van der Waals surface area contributed by atoms with Crippen molar-refractivity contribution in [2.24, 2.45) is 11.7 Å². The Bertz CT molecular complexity index is 302. The molecule has 16 heavy (non-hydrogen) atoms. The van der Waals surface area contributed by atoms with E-state index in [0.29, 0.717) is 12.5 Å². The minimum absolute atomic E-state index is 0.424. The van der Waals surface area contributed by atoms with Gasteiger partial charge >= 0.3 is 0 Å². The van der Waals surface area contributed by atoms with Crippen molar-refractivity contribution in [2.75, 3.05) is 13.7 Å². The highest BCUT2D eigenvalue weighted by atomic mass is 16.5. The van der Waals surface area contributed by atoms with Crippen LogP contribution in [-0.2, 0) is 4.74 Å². The number of nitrogens with two attached hydrogens (primary N) is 1. The fourth-order valence-electron chi connectivity index (χ4n) is 2.06. The lowest BCUT2D eigenvalue weighted by Gasteiger charge is -2.17. The second-order valence-electron chi connectivity index (χ2n) is 4.44. The van der Waals surface area contributed by atoms with E-state index in [1.165, 1.54) is 18.4 Å². The van der Waals surface area contributed by atoms with Crippen LogP contribution >= 0.6 is 0 Å². The van der Waals surface area contributed by atoms with Crippen LogP contribution in [0.3, 0.4) is 0 Å². The summed E-state index contributed by atoms with van der Waals surface area (Å²) < 4.78 is 5.37. The summed E-state index contributed by atoms with van der Waals surface area (Å²) >= 11 is 0. The van der Waals surface area contributed by atoms with Gasteiger partial charge in [0.25, 0.3) is 0 Å². The molecular formula is C14H23NO. The van der Waals surface area contributed by atoms with Crippen LogP contribution in [0, 0.1) is 5.92 Å². The van der Waals surface area contributed by atoms with Crippen molar-refractivity contribution in [1.29, 1.82) is 0 Å². The third kappa shape index (κ3) is 3.53. The molecule has 0 bridgehead atoms. The minimum Gasteiger partial charge on any atom is -0.497 e. The van der Waals surface area contributed by atoms with E-state index in [1.54, 1.807) is 7.11 Å². The zero-order valence-electron chi connectivity index (χ0n) is 10.5. The summed E-state index contributed by atoms with van der Waals surface area (Å²) in [5.41, 5.74) is 8.20. The van der Waals surface area contributed by atoms with Crippen molar-refractivity contribution in [3.63, 3.8) is 0 Å². The quantitative estimate of drug-likeness (QED) is 0.777. The average Bonchev–Trinajstić information content (AvgIpc) is 2.29. The molecule has 1 aliphatic rings. The first kappa shape index (κ1) is 13.0. The van der Waals surface area contributed by atoms with Gasteiger partial charge in [0.05, 0.1) is 7.11 Å². The summed E-state index contributed by atoms with van der Waals surface area (Å²) in [6.45, 7) is 6.91. The Morgan fingerprint density at radius 1 is 1.44 bits per heavy atom. The van der Waals surface area contributed by atoms with Crippen molar-refractivity contribution in [1.82, 2.24) is 0 Å². The normalized spacial score (nSPS) is 29.9. The molecule has 0 spiro atoms. The predicted molar refractivity (Wildman–Crippen MR) is 69.0 cm³/mol. The molecule has 0 aromatic rings. The van der Waals surface area contributed by atoms with Crippen LogP contribution in [0.25, 0.3) is 0 Å². The van der Waals surface area contributed by atoms with Crippen LogP contribution in [0.1, 0.15) is 32.6 Å². The minimum atomic E-state index is 0.424. The van der Waals surface area contributed by atoms with Gasteiger partial charge in [-0.05, 0) is 50.3 Å². The number of allylic oxidation sites excluding steroid dienone is 3. The van der Waals surface area contributed by atoms with E-state index >= 15 is 0 Å². The fraction of sp³-hybridized carbons (Fsp3) is 0.571. The molecule has 0 amide bonds. The first-order valence-electron chi connectivity index (χ1n) is 5.99. The van der Waals surface area contributed by atoms with Crippen molar-refractivity contribution in [3.8, 4) is 0 Å². The fourth-order valence-corrected chi connectivity index (χ4v) is 2.06. The molecule has 2 N–H and O–H groups in total. The molecule has 0 aromatic heterocycles. The highest BCUT2D eigenvalue weighted by Crippen LogP contribution is 2.23. The number of hydrogen-bond donors (Lipinski definition) is 1.